The topological polar surface area (TPSA) is 52.7 Å². The van der Waals surface area contributed by atoms with Gasteiger partial charge in [-0.15, -0.1) is 0 Å². The zero-order valence-electron chi connectivity index (χ0n) is 14.7. The number of benzene rings is 1. The van der Waals surface area contributed by atoms with Crippen molar-refractivity contribution in [2.24, 2.45) is 0 Å². The van der Waals surface area contributed by atoms with Crippen molar-refractivity contribution in [3.8, 4) is 0 Å². The quantitative estimate of drug-likeness (QED) is 0.805. The van der Waals surface area contributed by atoms with E-state index in [1.807, 2.05) is 0 Å². The second kappa shape index (κ2) is 7.61. The highest BCUT2D eigenvalue weighted by molar-refractivity contribution is 5.95. The Morgan fingerprint density at radius 3 is 2.69 bits per heavy atom. The highest BCUT2D eigenvalue weighted by Gasteiger charge is 2.42. The van der Waals surface area contributed by atoms with Gasteiger partial charge in [0.05, 0.1) is 12.1 Å². The fourth-order valence-corrected chi connectivity index (χ4v) is 2.89. The molecule has 1 heterocycles. The summed E-state index contributed by atoms with van der Waals surface area (Å²) in [5.74, 6) is -1.62. The molecule has 0 spiro atoms. The second-order valence-electron chi connectivity index (χ2n) is 6.47. The van der Waals surface area contributed by atoms with Crippen LogP contribution in [0.1, 0.15) is 18.9 Å². The van der Waals surface area contributed by atoms with Crippen molar-refractivity contribution in [1.29, 1.82) is 0 Å². The van der Waals surface area contributed by atoms with Crippen LogP contribution in [0.15, 0.2) is 18.2 Å². The maximum Gasteiger partial charge on any atom is 0.406 e. The van der Waals surface area contributed by atoms with E-state index in [4.69, 9.17) is 0 Å². The Hall–Kier alpha value is -2.16. The number of carbonyl (C=O) groups is 2. The van der Waals surface area contributed by atoms with Crippen LogP contribution in [0.2, 0.25) is 0 Å². The third kappa shape index (κ3) is 4.72. The first-order valence-corrected chi connectivity index (χ1v) is 8.14. The number of carbonyl (C=O) groups excluding carboxylic acids is 2. The normalized spacial score (nSPS) is 19.2. The number of nitrogens with zero attached hydrogens (tertiary/aromatic N) is 2. The summed E-state index contributed by atoms with van der Waals surface area (Å²) < 4.78 is 50.8. The molecule has 2 amide bonds. The molecule has 144 valence electrons. The predicted octanol–water partition coefficient (Wildman–Crippen LogP) is 2.56. The molecule has 2 unspecified atom stereocenters. The Balaban J connectivity index is 2.02. The van der Waals surface area contributed by atoms with Gasteiger partial charge in [-0.25, -0.2) is 4.39 Å². The average molecular weight is 375 g/mol. The van der Waals surface area contributed by atoms with Crippen molar-refractivity contribution in [2.75, 3.05) is 25.5 Å². The third-order valence-electron chi connectivity index (χ3n) is 4.58. The van der Waals surface area contributed by atoms with Gasteiger partial charge in [-0.05, 0) is 45.0 Å². The number of aryl methyl sites for hydroxylation is 1. The summed E-state index contributed by atoms with van der Waals surface area (Å²) in [6.45, 7) is 1.95. The van der Waals surface area contributed by atoms with Crippen molar-refractivity contribution in [1.82, 2.24) is 9.80 Å². The highest BCUT2D eigenvalue weighted by atomic mass is 19.4. The van der Waals surface area contributed by atoms with Crippen LogP contribution in [-0.2, 0) is 9.59 Å². The molecule has 1 saturated heterocycles. The number of halogens is 4. The Bertz CT molecular complexity index is 693. The van der Waals surface area contributed by atoms with E-state index in [-0.39, 0.29) is 13.0 Å². The van der Waals surface area contributed by atoms with Crippen molar-refractivity contribution in [2.45, 2.75) is 38.5 Å². The zero-order chi connectivity index (χ0) is 19.6. The summed E-state index contributed by atoms with van der Waals surface area (Å²) in [7, 11) is 1.52. The van der Waals surface area contributed by atoms with Crippen LogP contribution in [-0.4, -0.2) is 60.0 Å². The van der Waals surface area contributed by atoms with E-state index >= 15 is 0 Å². The largest absolute Gasteiger partial charge is 0.406 e. The molecule has 0 aliphatic carbocycles. The van der Waals surface area contributed by atoms with Gasteiger partial charge in [-0.1, -0.05) is 6.07 Å². The number of nitrogens with one attached hydrogen (secondary N) is 1. The monoisotopic (exact) mass is 375 g/mol. The van der Waals surface area contributed by atoms with E-state index in [0.29, 0.717) is 11.3 Å². The summed E-state index contributed by atoms with van der Waals surface area (Å²) >= 11 is 0. The van der Waals surface area contributed by atoms with Gasteiger partial charge in [0.1, 0.15) is 12.4 Å². The summed E-state index contributed by atoms with van der Waals surface area (Å²) in [5.41, 5.74) is 0.981. The minimum atomic E-state index is -4.46. The lowest BCUT2D eigenvalue weighted by atomic mass is 10.1. The first-order chi connectivity index (χ1) is 12.0. The number of rotatable bonds is 5. The number of anilines is 1. The van der Waals surface area contributed by atoms with Crippen LogP contribution in [0.5, 0.6) is 0 Å². The molecule has 1 N–H and O–H groups in total. The summed E-state index contributed by atoms with van der Waals surface area (Å²) in [6, 6.07) is 2.40. The first-order valence-electron chi connectivity index (χ1n) is 8.14. The van der Waals surface area contributed by atoms with Gasteiger partial charge in [0, 0.05) is 12.2 Å². The molecular weight excluding hydrogens is 354 g/mol. The Morgan fingerprint density at radius 1 is 1.42 bits per heavy atom. The fourth-order valence-electron chi connectivity index (χ4n) is 2.89. The summed E-state index contributed by atoms with van der Waals surface area (Å²) in [6.07, 6.45) is -4.25. The Morgan fingerprint density at radius 2 is 2.08 bits per heavy atom. The Kier molecular flexibility index (Phi) is 5.90. The minimum absolute atomic E-state index is 0.00923. The van der Waals surface area contributed by atoms with E-state index in [1.165, 1.54) is 30.1 Å². The molecule has 2 rings (SSSR count). The van der Waals surface area contributed by atoms with Crippen LogP contribution < -0.4 is 5.32 Å². The molecule has 1 aromatic carbocycles. The van der Waals surface area contributed by atoms with Gasteiger partial charge >= 0.3 is 6.18 Å². The van der Waals surface area contributed by atoms with Gasteiger partial charge in [0.2, 0.25) is 11.8 Å². The van der Waals surface area contributed by atoms with Gasteiger partial charge in [0.15, 0.2) is 0 Å². The third-order valence-corrected chi connectivity index (χ3v) is 4.58. The average Bonchev–Trinajstić information content (AvgIpc) is 2.88. The minimum Gasteiger partial charge on any atom is -0.332 e. The number of likely N-dealkylation sites (N-methyl/N-ethyl adjacent to an activating group) is 1. The zero-order valence-corrected chi connectivity index (χ0v) is 14.7. The molecular formula is C17H21F4N3O2. The van der Waals surface area contributed by atoms with Crippen molar-refractivity contribution >= 4 is 17.5 Å². The molecule has 0 saturated carbocycles. The standard InChI is InChI=1S/C17H21F4N3O2/c1-10-4-5-12(18)8-13(10)22-15(25)11(2)23(3)14-6-7-24(16(14)26)9-17(19,20)21/h4-5,8,11,14H,6-7,9H2,1-3H3,(H,22,25). The molecule has 1 fully saturated rings. The van der Waals surface area contributed by atoms with Crippen LogP contribution in [0, 0.1) is 12.7 Å². The van der Waals surface area contributed by atoms with Crippen molar-refractivity contribution in [3.63, 3.8) is 0 Å². The van der Waals surface area contributed by atoms with E-state index in [9.17, 15) is 27.2 Å². The second-order valence-corrected chi connectivity index (χ2v) is 6.47. The molecule has 0 aromatic heterocycles. The van der Waals surface area contributed by atoms with Crippen LogP contribution in [0.4, 0.5) is 23.2 Å². The maximum absolute atomic E-state index is 13.3. The van der Waals surface area contributed by atoms with Crippen LogP contribution in [0.25, 0.3) is 0 Å². The highest BCUT2D eigenvalue weighted by Crippen LogP contribution is 2.24. The molecule has 9 heteroatoms. The maximum atomic E-state index is 13.3. The predicted molar refractivity (Wildman–Crippen MR) is 88.0 cm³/mol. The number of alkyl halides is 3. The lowest BCUT2D eigenvalue weighted by Gasteiger charge is -2.29. The number of hydrogen-bond acceptors (Lipinski definition) is 3. The van der Waals surface area contributed by atoms with Crippen molar-refractivity contribution in [3.05, 3.63) is 29.6 Å². The van der Waals surface area contributed by atoms with E-state index in [0.717, 1.165) is 4.90 Å². The SMILES string of the molecule is Cc1ccc(F)cc1NC(=O)C(C)N(C)C1CCN(CC(F)(F)F)C1=O. The number of likely N-dealkylation sites (tertiary alicyclic amines) is 1. The molecule has 1 aromatic rings. The van der Waals surface area contributed by atoms with Gasteiger partial charge in [-0.2, -0.15) is 13.2 Å². The lowest BCUT2D eigenvalue weighted by molar-refractivity contribution is -0.159. The summed E-state index contributed by atoms with van der Waals surface area (Å²) in [5, 5.41) is 2.59. The van der Waals surface area contributed by atoms with Crippen molar-refractivity contribution < 1.29 is 27.2 Å². The molecule has 5 nitrogen and oxygen atoms in total. The number of amides is 2. The van der Waals surface area contributed by atoms with E-state index in [2.05, 4.69) is 5.32 Å². The lowest BCUT2D eigenvalue weighted by Crippen LogP contribution is -2.49. The van der Waals surface area contributed by atoms with Crippen LogP contribution >= 0.6 is 0 Å². The number of hydrogen-bond donors (Lipinski definition) is 1. The fraction of sp³-hybridized carbons (Fsp3) is 0.529. The smallest absolute Gasteiger partial charge is 0.332 e. The molecule has 0 radical (unpaired) electrons. The van der Waals surface area contributed by atoms with E-state index < -0.39 is 42.4 Å². The molecule has 1 aliphatic rings. The first kappa shape index (κ1) is 20.2. The van der Waals surface area contributed by atoms with Gasteiger partial charge in [0.25, 0.3) is 0 Å². The van der Waals surface area contributed by atoms with Gasteiger partial charge in [-0.3, -0.25) is 14.5 Å². The summed E-state index contributed by atoms with van der Waals surface area (Å²) in [4.78, 5) is 26.8. The Labute approximate surface area is 148 Å². The van der Waals surface area contributed by atoms with Gasteiger partial charge < -0.3 is 10.2 Å². The molecule has 2 atom stereocenters. The molecule has 26 heavy (non-hydrogen) atoms. The molecule has 0 bridgehead atoms. The van der Waals surface area contributed by atoms with Crippen LogP contribution in [0.3, 0.4) is 0 Å². The van der Waals surface area contributed by atoms with E-state index in [1.54, 1.807) is 13.8 Å². The molecule has 1 aliphatic heterocycles.